The number of hydrogen-bond donors (Lipinski definition) is 0. The Labute approximate surface area is 137 Å². The van der Waals surface area contributed by atoms with Crippen molar-refractivity contribution in [1.82, 2.24) is 15.2 Å². The van der Waals surface area contributed by atoms with Crippen molar-refractivity contribution < 1.29 is 4.42 Å². The summed E-state index contributed by atoms with van der Waals surface area (Å²) in [6, 6.07) is 0. The molecule has 1 atom stereocenters. The molecule has 0 aliphatic heterocycles. The van der Waals surface area contributed by atoms with Crippen LogP contribution >= 0.6 is 11.3 Å². The summed E-state index contributed by atoms with van der Waals surface area (Å²) >= 11 is 1.73. The molecule has 22 heavy (non-hydrogen) atoms. The highest BCUT2D eigenvalue weighted by molar-refractivity contribution is 7.11. The Balaban J connectivity index is 2.12. The minimum atomic E-state index is -0.0662. The van der Waals surface area contributed by atoms with E-state index in [1.165, 1.54) is 0 Å². The molecule has 0 aliphatic carbocycles. The Kier molecular flexibility index (Phi) is 5.05. The molecule has 0 aliphatic rings. The van der Waals surface area contributed by atoms with Crippen LogP contribution in [0, 0.1) is 0 Å². The van der Waals surface area contributed by atoms with E-state index in [0.29, 0.717) is 17.8 Å². The highest BCUT2D eigenvalue weighted by Crippen LogP contribution is 2.37. The van der Waals surface area contributed by atoms with E-state index < -0.39 is 0 Å². The quantitative estimate of drug-likeness (QED) is 0.729. The molecule has 2 aromatic heterocycles. The lowest BCUT2D eigenvalue weighted by molar-refractivity contribution is 0.326. The maximum Gasteiger partial charge on any atom is 0.196 e. The van der Waals surface area contributed by atoms with Crippen molar-refractivity contribution in [2.75, 3.05) is 0 Å². The highest BCUT2D eigenvalue weighted by atomic mass is 32.1. The van der Waals surface area contributed by atoms with Crippen molar-refractivity contribution in [2.45, 2.75) is 78.1 Å². The van der Waals surface area contributed by atoms with Gasteiger partial charge in [0.15, 0.2) is 5.89 Å². The maximum absolute atomic E-state index is 5.95. The summed E-state index contributed by atoms with van der Waals surface area (Å²) in [4.78, 5) is 4.40. The van der Waals surface area contributed by atoms with E-state index in [-0.39, 0.29) is 5.41 Å². The summed E-state index contributed by atoms with van der Waals surface area (Å²) in [5.41, 5.74) is -0.0662. The summed E-state index contributed by atoms with van der Waals surface area (Å²) < 4.78 is 5.95. The minimum absolute atomic E-state index is 0.0662. The van der Waals surface area contributed by atoms with Crippen molar-refractivity contribution in [3.8, 4) is 0 Å². The van der Waals surface area contributed by atoms with Crippen LogP contribution in [0.3, 0.4) is 0 Å². The van der Waals surface area contributed by atoms with Crippen LogP contribution in [-0.2, 0) is 5.41 Å². The molecule has 0 radical (unpaired) electrons. The van der Waals surface area contributed by atoms with Gasteiger partial charge in [-0.3, -0.25) is 0 Å². The van der Waals surface area contributed by atoms with Gasteiger partial charge in [0.2, 0.25) is 0 Å². The minimum Gasteiger partial charge on any atom is -0.445 e. The smallest absolute Gasteiger partial charge is 0.196 e. The van der Waals surface area contributed by atoms with Crippen molar-refractivity contribution >= 4 is 11.3 Å². The first-order valence-electron chi connectivity index (χ1n) is 8.00. The topological polar surface area (TPSA) is 51.8 Å². The molecule has 2 heterocycles. The molecule has 4 nitrogen and oxygen atoms in total. The fourth-order valence-electron chi connectivity index (χ4n) is 2.50. The van der Waals surface area contributed by atoms with Gasteiger partial charge in [-0.25, -0.2) is 4.98 Å². The van der Waals surface area contributed by atoms with Crippen LogP contribution in [0.1, 0.15) is 94.3 Å². The fraction of sp³-hybridized carbons (Fsp3) is 0.706. The largest absolute Gasteiger partial charge is 0.445 e. The van der Waals surface area contributed by atoms with Gasteiger partial charge in [-0.1, -0.05) is 48.5 Å². The third kappa shape index (κ3) is 3.75. The zero-order chi connectivity index (χ0) is 16.5. The molecule has 0 spiro atoms. The van der Waals surface area contributed by atoms with Crippen LogP contribution in [0.5, 0.6) is 0 Å². The van der Waals surface area contributed by atoms with E-state index in [1.807, 2.05) is 6.20 Å². The second-order valence-corrected chi connectivity index (χ2v) is 8.38. The van der Waals surface area contributed by atoms with Gasteiger partial charge in [-0.2, -0.15) is 0 Å². The lowest BCUT2D eigenvalue weighted by Crippen LogP contribution is -2.19. The second-order valence-electron chi connectivity index (χ2n) is 7.34. The average Bonchev–Trinajstić information content (AvgIpc) is 3.08. The molecule has 1 unspecified atom stereocenters. The molecular formula is C17H27N3OS. The van der Waals surface area contributed by atoms with Crippen molar-refractivity contribution in [2.24, 2.45) is 0 Å². The van der Waals surface area contributed by atoms with Gasteiger partial charge in [0.05, 0.1) is 6.20 Å². The van der Waals surface area contributed by atoms with Gasteiger partial charge in [-0.15, -0.1) is 21.5 Å². The molecular weight excluding hydrogens is 294 g/mol. The van der Waals surface area contributed by atoms with Crippen LogP contribution in [0.25, 0.3) is 0 Å². The van der Waals surface area contributed by atoms with E-state index in [2.05, 4.69) is 63.6 Å². The monoisotopic (exact) mass is 321 g/mol. The Bertz CT molecular complexity index is 613. The zero-order valence-corrected chi connectivity index (χ0v) is 15.5. The molecule has 0 bridgehead atoms. The summed E-state index contributed by atoms with van der Waals surface area (Å²) in [6.45, 7) is 15.1. The second kappa shape index (κ2) is 6.49. The average molecular weight is 321 g/mol. The zero-order valence-electron chi connectivity index (χ0n) is 14.7. The van der Waals surface area contributed by atoms with Crippen LogP contribution in [0.4, 0.5) is 0 Å². The molecule has 0 amide bonds. The normalized spacial score (nSPS) is 14.0. The Morgan fingerprint density at radius 3 is 2.18 bits per heavy atom. The van der Waals surface area contributed by atoms with Crippen LogP contribution < -0.4 is 0 Å². The summed E-state index contributed by atoms with van der Waals surface area (Å²) in [5, 5.41) is 10.9. The first-order chi connectivity index (χ1) is 10.2. The highest BCUT2D eigenvalue weighted by Gasteiger charge is 2.30. The summed E-state index contributed by atoms with van der Waals surface area (Å²) in [6.07, 6.45) is 2.84. The van der Waals surface area contributed by atoms with E-state index >= 15 is 0 Å². The molecule has 0 saturated heterocycles. The van der Waals surface area contributed by atoms with Crippen LogP contribution in [0.15, 0.2) is 10.6 Å². The molecule has 2 rings (SSSR count). The van der Waals surface area contributed by atoms with E-state index in [0.717, 1.165) is 28.1 Å². The predicted molar refractivity (Wildman–Crippen MR) is 90.6 cm³/mol. The first-order valence-corrected chi connectivity index (χ1v) is 8.82. The number of hydrogen-bond acceptors (Lipinski definition) is 5. The number of oxazole rings is 1. The lowest BCUT2D eigenvalue weighted by atomic mass is 9.82. The third-order valence-corrected chi connectivity index (χ3v) is 5.33. The van der Waals surface area contributed by atoms with Crippen molar-refractivity contribution in [3.05, 3.63) is 27.9 Å². The molecule has 122 valence electrons. The fourth-order valence-corrected chi connectivity index (χ4v) is 3.40. The first kappa shape index (κ1) is 17.1. The van der Waals surface area contributed by atoms with Gasteiger partial charge >= 0.3 is 0 Å². The Hall–Kier alpha value is -1.23. The predicted octanol–water partition coefficient (Wildman–Crippen LogP) is 5.24. The molecule has 2 aromatic rings. The molecule has 0 fully saturated rings. The van der Waals surface area contributed by atoms with Gasteiger partial charge in [0.25, 0.3) is 0 Å². The molecule has 0 N–H and O–H groups in total. The van der Waals surface area contributed by atoms with E-state index in [9.17, 15) is 0 Å². The summed E-state index contributed by atoms with van der Waals surface area (Å²) in [7, 11) is 0. The van der Waals surface area contributed by atoms with E-state index in [4.69, 9.17) is 4.42 Å². The van der Waals surface area contributed by atoms with Crippen molar-refractivity contribution in [3.63, 3.8) is 0 Å². The van der Waals surface area contributed by atoms with E-state index in [1.54, 1.807) is 11.3 Å². The third-order valence-electron chi connectivity index (χ3n) is 3.87. The Morgan fingerprint density at radius 1 is 1.05 bits per heavy atom. The van der Waals surface area contributed by atoms with Gasteiger partial charge in [-0.05, 0) is 6.42 Å². The molecule has 0 aromatic carbocycles. The van der Waals surface area contributed by atoms with Gasteiger partial charge in [0, 0.05) is 23.2 Å². The van der Waals surface area contributed by atoms with Crippen LogP contribution in [0.2, 0.25) is 0 Å². The molecule has 5 heteroatoms. The van der Waals surface area contributed by atoms with Crippen molar-refractivity contribution in [1.29, 1.82) is 0 Å². The maximum atomic E-state index is 5.95. The Morgan fingerprint density at radius 2 is 1.68 bits per heavy atom. The van der Waals surface area contributed by atoms with Crippen LogP contribution in [-0.4, -0.2) is 15.2 Å². The SMILES string of the molecule is CC(C)c1ncc(C(C)(C)CC(C)c2nnc(C(C)C)s2)o1. The lowest BCUT2D eigenvalue weighted by Gasteiger charge is -2.24. The van der Waals surface area contributed by atoms with Gasteiger partial charge < -0.3 is 4.42 Å². The summed E-state index contributed by atoms with van der Waals surface area (Å²) in [5.74, 6) is 2.88. The number of aromatic nitrogens is 3. The number of rotatable bonds is 6. The number of nitrogens with zero attached hydrogens (tertiary/aromatic N) is 3. The van der Waals surface area contributed by atoms with Gasteiger partial charge in [0.1, 0.15) is 15.8 Å². The standard InChI is InChI=1S/C17H27N3OS/c1-10(2)14-18-9-13(21-14)17(6,7)8-12(5)16-20-19-15(22-16)11(3)4/h9-12H,8H2,1-7H3. The molecule has 0 saturated carbocycles.